The van der Waals surface area contributed by atoms with E-state index >= 15 is 0 Å². The molecule has 0 fully saturated rings. The Balaban J connectivity index is 1.47. The first-order valence-corrected chi connectivity index (χ1v) is 15.5. The van der Waals surface area contributed by atoms with Crippen LogP contribution < -0.4 is 0 Å². The van der Waals surface area contributed by atoms with Gasteiger partial charge >= 0.3 is 0 Å². The van der Waals surface area contributed by atoms with E-state index in [1.807, 2.05) is 47.7 Å². The van der Waals surface area contributed by atoms with Gasteiger partial charge in [0.2, 0.25) is 0 Å². The van der Waals surface area contributed by atoms with Gasteiger partial charge in [0.1, 0.15) is 0 Å². The Morgan fingerprint density at radius 1 is 0.722 bits per heavy atom. The van der Waals surface area contributed by atoms with Crippen molar-refractivity contribution in [3.8, 4) is 9.75 Å². The molecule has 3 heterocycles. The Bertz CT molecular complexity index is 1790. The van der Waals surface area contributed by atoms with Crippen LogP contribution in [0.3, 0.4) is 0 Å². The zero-order chi connectivity index (χ0) is 24.7. The fraction of sp³-hybridized carbons (Fsp3) is 0.200. The van der Waals surface area contributed by atoms with E-state index in [1.165, 1.54) is 49.0 Å². The molecule has 3 aromatic carbocycles. The highest BCUT2D eigenvalue weighted by Gasteiger charge is 2.23. The van der Waals surface area contributed by atoms with Crippen LogP contribution in [0.2, 0.25) is 0 Å². The molecule has 0 aliphatic carbocycles. The number of aryl methyl sites for hydroxylation is 1. The minimum Gasteiger partial charge on any atom is -0.233 e. The van der Waals surface area contributed by atoms with Crippen molar-refractivity contribution < 1.29 is 8.42 Å². The van der Waals surface area contributed by atoms with E-state index in [-0.39, 0.29) is 0 Å². The van der Waals surface area contributed by atoms with Crippen molar-refractivity contribution in [2.45, 2.75) is 43.9 Å². The highest BCUT2D eigenvalue weighted by Crippen LogP contribution is 2.41. The summed E-state index contributed by atoms with van der Waals surface area (Å²) in [6.07, 6.45) is 6.25. The SMILES string of the molecule is CCCCCCc1ccc(-c2cc3cc4c(cc3s2)c2ccccc2n4S(=O)(=O)c2ccccc2)s1. The minimum absolute atomic E-state index is 0.295. The number of rotatable bonds is 8. The van der Waals surface area contributed by atoms with E-state index in [2.05, 4.69) is 31.2 Å². The lowest BCUT2D eigenvalue weighted by Crippen LogP contribution is -2.12. The molecule has 0 aliphatic heterocycles. The summed E-state index contributed by atoms with van der Waals surface area (Å²) in [5.74, 6) is 0. The molecule has 3 aromatic heterocycles. The summed E-state index contributed by atoms with van der Waals surface area (Å²) in [6.45, 7) is 2.25. The van der Waals surface area contributed by atoms with Crippen LogP contribution in [0.4, 0.5) is 0 Å². The Morgan fingerprint density at radius 2 is 1.53 bits per heavy atom. The summed E-state index contributed by atoms with van der Waals surface area (Å²) in [7, 11) is -3.75. The second kappa shape index (κ2) is 9.51. The highest BCUT2D eigenvalue weighted by molar-refractivity contribution is 7.90. The van der Waals surface area contributed by atoms with Crippen molar-refractivity contribution in [1.82, 2.24) is 3.97 Å². The zero-order valence-electron chi connectivity index (χ0n) is 20.1. The highest BCUT2D eigenvalue weighted by atomic mass is 32.2. The maximum atomic E-state index is 13.8. The number of hydrogen-bond donors (Lipinski definition) is 0. The van der Waals surface area contributed by atoms with E-state index in [4.69, 9.17) is 0 Å². The number of hydrogen-bond acceptors (Lipinski definition) is 4. The fourth-order valence-electron chi connectivity index (χ4n) is 4.92. The van der Waals surface area contributed by atoms with Gasteiger partial charge in [0.05, 0.1) is 15.9 Å². The molecule has 6 aromatic rings. The van der Waals surface area contributed by atoms with Gasteiger partial charge in [-0.25, -0.2) is 12.4 Å². The van der Waals surface area contributed by atoms with Crippen molar-refractivity contribution in [2.24, 2.45) is 0 Å². The van der Waals surface area contributed by atoms with Gasteiger partial charge in [-0.1, -0.05) is 62.6 Å². The van der Waals surface area contributed by atoms with Gasteiger partial charge in [-0.3, -0.25) is 0 Å². The summed E-state index contributed by atoms with van der Waals surface area (Å²) in [5.41, 5.74) is 1.43. The van der Waals surface area contributed by atoms with Crippen LogP contribution in [0, 0.1) is 0 Å². The van der Waals surface area contributed by atoms with Gasteiger partial charge in [0, 0.05) is 30.1 Å². The molecule has 0 unspecified atom stereocenters. The van der Waals surface area contributed by atoms with E-state index in [9.17, 15) is 8.42 Å². The summed E-state index contributed by atoms with van der Waals surface area (Å²) < 4.78 is 30.3. The molecule has 3 nitrogen and oxygen atoms in total. The van der Waals surface area contributed by atoms with Crippen LogP contribution in [-0.4, -0.2) is 12.4 Å². The van der Waals surface area contributed by atoms with Crippen molar-refractivity contribution in [1.29, 1.82) is 0 Å². The summed E-state index contributed by atoms with van der Waals surface area (Å²) in [5, 5.41) is 3.00. The fourth-order valence-corrected chi connectivity index (χ4v) is 8.67. The van der Waals surface area contributed by atoms with Crippen LogP contribution in [0.15, 0.2) is 89.8 Å². The predicted octanol–water partition coefficient (Wildman–Crippen LogP) is 9.10. The first-order chi connectivity index (χ1) is 17.6. The summed E-state index contributed by atoms with van der Waals surface area (Å²) in [6, 6.07) is 27.4. The van der Waals surface area contributed by atoms with Crippen molar-refractivity contribution >= 4 is 64.6 Å². The summed E-state index contributed by atoms with van der Waals surface area (Å²) in [4.78, 5) is 4.26. The molecule has 6 heteroatoms. The molecule has 0 aliphatic rings. The largest absolute Gasteiger partial charge is 0.268 e. The number of nitrogens with zero attached hydrogens (tertiary/aromatic N) is 1. The molecule has 0 atom stereocenters. The lowest BCUT2D eigenvalue weighted by molar-refractivity contribution is 0.590. The number of para-hydroxylation sites is 1. The van der Waals surface area contributed by atoms with E-state index in [0.29, 0.717) is 10.4 Å². The molecule has 182 valence electrons. The quantitative estimate of drug-likeness (QED) is 0.184. The second-order valence-electron chi connectivity index (χ2n) is 9.19. The molecule has 0 amide bonds. The van der Waals surface area contributed by atoms with Gasteiger partial charge in [-0.05, 0) is 66.8 Å². The van der Waals surface area contributed by atoms with E-state index < -0.39 is 10.0 Å². The van der Waals surface area contributed by atoms with Gasteiger partial charge in [-0.2, -0.15) is 0 Å². The molecule has 6 rings (SSSR count). The van der Waals surface area contributed by atoms with Gasteiger partial charge in [0.25, 0.3) is 10.0 Å². The molecule has 0 saturated carbocycles. The average molecular weight is 530 g/mol. The van der Waals surface area contributed by atoms with Crippen molar-refractivity contribution in [3.05, 3.63) is 89.8 Å². The standard InChI is InChI=1S/C30H27NO2S3/c1-2-3-4-6-11-22-16-17-28(34-22)30-19-21-18-27-25(20-29(21)35-30)24-14-9-10-15-26(24)31(27)36(32,33)23-12-7-5-8-13-23/h5,7-10,12-20H,2-4,6,11H2,1H3. The third-order valence-electron chi connectivity index (χ3n) is 6.73. The topological polar surface area (TPSA) is 39.1 Å². The number of benzene rings is 3. The molecule has 0 radical (unpaired) electrons. The average Bonchev–Trinajstić information content (AvgIpc) is 3.61. The third kappa shape index (κ3) is 4.07. The van der Waals surface area contributed by atoms with Crippen LogP contribution in [0.5, 0.6) is 0 Å². The van der Waals surface area contributed by atoms with Crippen molar-refractivity contribution in [3.63, 3.8) is 0 Å². The Morgan fingerprint density at radius 3 is 2.36 bits per heavy atom. The number of aromatic nitrogens is 1. The van der Waals surface area contributed by atoms with Crippen LogP contribution >= 0.6 is 22.7 Å². The van der Waals surface area contributed by atoms with Gasteiger partial charge < -0.3 is 0 Å². The zero-order valence-corrected chi connectivity index (χ0v) is 22.6. The molecular weight excluding hydrogens is 503 g/mol. The molecule has 0 saturated heterocycles. The minimum atomic E-state index is -3.75. The normalized spacial score (nSPS) is 12.2. The lowest BCUT2D eigenvalue weighted by Gasteiger charge is -2.09. The number of unbranched alkanes of at least 4 members (excludes halogenated alkanes) is 3. The Kier molecular flexibility index (Phi) is 6.20. The van der Waals surface area contributed by atoms with Gasteiger partial charge in [0.15, 0.2) is 0 Å². The number of thiophene rings is 2. The first kappa shape index (κ1) is 23.5. The van der Waals surface area contributed by atoms with Crippen LogP contribution in [0.25, 0.3) is 41.6 Å². The summed E-state index contributed by atoms with van der Waals surface area (Å²) >= 11 is 3.67. The first-order valence-electron chi connectivity index (χ1n) is 12.4. The third-order valence-corrected chi connectivity index (χ3v) is 10.9. The Hall–Kier alpha value is -2.93. The number of fused-ring (bicyclic) bond motifs is 4. The molecule has 0 N–H and O–H groups in total. The molecule has 0 bridgehead atoms. The molecule has 0 spiro atoms. The second-order valence-corrected chi connectivity index (χ2v) is 13.2. The Labute approximate surface area is 219 Å². The monoisotopic (exact) mass is 529 g/mol. The van der Waals surface area contributed by atoms with E-state index in [0.717, 1.165) is 28.1 Å². The smallest absolute Gasteiger partial charge is 0.233 e. The maximum absolute atomic E-state index is 13.8. The molecular formula is C30H27NO2S3. The maximum Gasteiger partial charge on any atom is 0.268 e. The predicted molar refractivity (Wildman–Crippen MR) is 155 cm³/mol. The van der Waals surface area contributed by atoms with Crippen molar-refractivity contribution in [2.75, 3.05) is 0 Å². The lowest BCUT2D eigenvalue weighted by atomic mass is 10.1. The van der Waals surface area contributed by atoms with Gasteiger partial charge in [-0.15, -0.1) is 22.7 Å². The van der Waals surface area contributed by atoms with Crippen LogP contribution in [-0.2, 0) is 16.4 Å². The molecule has 36 heavy (non-hydrogen) atoms. The van der Waals surface area contributed by atoms with Crippen LogP contribution in [0.1, 0.15) is 37.5 Å². The van der Waals surface area contributed by atoms with E-state index in [1.54, 1.807) is 35.6 Å².